The fourth-order valence-electron chi connectivity index (χ4n) is 4.03. The lowest BCUT2D eigenvalue weighted by molar-refractivity contribution is -0.0731. The predicted octanol–water partition coefficient (Wildman–Crippen LogP) is 2.61. The number of halogens is 3. The number of rotatable bonds is 2. The second-order valence-corrected chi connectivity index (χ2v) is 7.24. The number of ether oxygens (including phenoxy) is 1. The molecule has 3 aliphatic rings. The normalized spacial score (nSPS) is 32.6. The van der Waals surface area contributed by atoms with E-state index in [-0.39, 0.29) is 12.5 Å². The van der Waals surface area contributed by atoms with Crippen LogP contribution in [0.1, 0.15) is 29.9 Å². The summed E-state index contributed by atoms with van der Waals surface area (Å²) in [5.74, 6) is -2.92. The molecule has 1 fully saturated rings. The number of fused-ring (bicyclic) bond motifs is 1. The molecule has 3 unspecified atom stereocenters. The van der Waals surface area contributed by atoms with Gasteiger partial charge in [-0.2, -0.15) is 0 Å². The Morgan fingerprint density at radius 1 is 1.27 bits per heavy atom. The number of allylic oxidation sites excluding steroid dienone is 3. The van der Waals surface area contributed by atoms with Crippen molar-refractivity contribution in [2.24, 2.45) is 11.7 Å². The van der Waals surface area contributed by atoms with E-state index in [2.05, 4.69) is 14.9 Å². The van der Waals surface area contributed by atoms with Gasteiger partial charge in [0.2, 0.25) is 0 Å². The number of nitrogens with zero attached hydrogens (tertiary/aromatic N) is 3. The number of aryl methyl sites for hydroxylation is 1. The van der Waals surface area contributed by atoms with Crippen LogP contribution in [0, 0.1) is 12.8 Å². The summed E-state index contributed by atoms with van der Waals surface area (Å²) in [7, 11) is 0. The second-order valence-electron chi connectivity index (χ2n) is 7.24. The van der Waals surface area contributed by atoms with E-state index in [9.17, 15) is 13.2 Å². The Morgan fingerprint density at radius 3 is 2.85 bits per heavy atom. The SMILES string of the molecule is Cc1ncc2c(n1)CN(C1CO[C@H](C3CC(F)=C(F)C=C3F)C(N)C1)C2. The van der Waals surface area contributed by atoms with Crippen molar-refractivity contribution in [1.82, 2.24) is 14.9 Å². The van der Waals surface area contributed by atoms with Crippen LogP contribution in [0.2, 0.25) is 0 Å². The summed E-state index contributed by atoms with van der Waals surface area (Å²) in [5, 5.41) is 0. The van der Waals surface area contributed by atoms with E-state index in [0.29, 0.717) is 25.6 Å². The van der Waals surface area contributed by atoms with Crippen molar-refractivity contribution in [3.63, 3.8) is 0 Å². The van der Waals surface area contributed by atoms with Crippen molar-refractivity contribution in [1.29, 1.82) is 0 Å². The lowest BCUT2D eigenvalue weighted by Crippen LogP contribution is -2.53. The third-order valence-corrected chi connectivity index (χ3v) is 5.44. The largest absolute Gasteiger partial charge is 0.374 e. The van der Waals surface area contributed by atoms with Gasteiger partial charge in [0.25, 0.3) is 0 Å². The molecule has 0 radical (unpaired) electrons. The van der Waals surface area contributed by atoms with Gasteiger partial charge in [0, 0.05) is 55.3 Å². The van der Waals surface area contributed by atoms with E-state index in [1.54, 1.807) is 0 Å². The van der Waals surface area contributed by atoms with E-state index >= 15 is 0 Å². The van der Waals surface area contributed by atoms with E-state index in [1.165, 1.54) is 0 Å². The highest BCUT2D eigenvalue weighted by Crippen LogP contribution is 2.38. The van der Waals surface area contributed by atoms with Crippen LogP contribution in [0.3, 0.4) is 0 Å². The van der Waals surface area contributed by atoms with Crippen LogP contribution in [0.5, 0.6) is 0 Å². The Balaban J connectivity index is 1.41. The molecule has 4 rings (SSSR count). The molecule has 1 aromatic rings. The average molecular weight is 366 g/mol. The van der Waals surface area contributed by atoms with Crippen LogP contribution < -0.4 is 5.73 Å². The summed E-state index contributed by atoms with van der Waals surface area (Å²) in [4.78, 5) is 10.9. The third-order valence-electron chi connectivity index (χ3n) is 5.44. The maximum absolute atomic E-state index is 14.1. The Kier molecular flexibility index (Phi) is 4.58. The van der Waals surface area contributed by atoms with Gasteiger partial charge in [-0.1, -0.05) is 0 Å². The van der Waals surface area contributed by atoms with Crippen molar-refractivity contribution in [2.75, 3.05) is 6.61 Å². The van der Waals surface area contributed by atoms with Crippen molar-refractivity contribution < 1.29 is 17.9 Å². The molecule has 140 valence electrons. The summed E-state index contributed by atoms with van der Waals surface area (Å²) in [6, 6.07) is -0.382. The first-order valence-electron chi connectivity index (χ1n) is 8.76. The van der Waals surface area contributed by atoms with Gasteiger partial charge in [-0.3, -0.25) is 4.90 Å². The monoisotopic (exact) mass is 366 g/mol. The number of nitrogens with two attached hydrogens (primary N) is 1. The van der Waals surface area contributed by atoms with E-state index in [0.717, 1.165) is 23.6 Å². The van der Waals surface area contributed by atoms with Gasteiger partial charge in [0.15, 0.2) is 5.83 Å². The maximum atomic E-state index is 14.1. The van der Waals surface area contributed by atoms with E-state index < -0.39 is 35.5 Å². The highest BCUT2D eigenvalue weighted by Gasteiger charge is 2.41. The smallest absolute Gasteiger partial charge is 0.157 e. The van der Waals surface area contributed by atoms with Gasteiger partial charge < -0.3 is 10.5 Å². The Bertz CT molecular complexity index is 782. The molecule has 5 nitrogen and oxygen atoms in total. The molecule has 1 aromatic heterocycles. The molecule has 0 saturated carbocycles. The van der Waals surface area contributed by atoms with Crippen molar-refractivity contribution >= 4 is 0 Å². The molecule has 0 bridgehead atoms. The zero-order valence-electron chi connectivity index (χ0n) is 14.5. The molecule has 4 atom stereocenters. The van der Waals surface area contributed by atoms with Crippen LogP contribution in [-0.2, 0) is 17.8 Å². The molecule has 8 heteroatoms. The summed E-state index contributed by atoms with van der Waals surface area (Å²) < 4.78 is 46.7. The maximum Gasteiger partial charge on any atom is 0.157 e. The molecule has 0 amide bonds. The number of hydrogen-bond donors (Lipinski definition) is 1. The van der Waals surface area contributed by atoms with Crippen LogP contribution in [0.4, 0.5) is 13.2 Å². The van der Waals surface area contributed by atoms with Crippen LogP contribution in [0.25, 0.3) is 0 Å². The Morgan fingerprint density at radius 2 is 2.08 bits per heavy atom. The molecule has 1 aliphatic carbocycles. The van der Waals surface area contributed by atoms with Crippen molar-refractivity contribution in [2.45, 2.75) is 51.0 Å². The van der Waals surface area contributed by atoms with Gasteiger partial charge in [-0.15, -0.1) is 0 Å². The quantitative estimate of drug-likeness (QED) is 0.872. The molecular weight excluding hydrogens is 345 g/mol. The van der Waals surface area contributed by atoms with Crippen LogP contribution in [-0.4, -0.2) is 39.7 Å². The first kappa shape index (κ1) is 17.6. The Labute approximate surface area is 149 Å². The van der Waals surface area contributed by atoms with E-state index in [4.69, 9.17) is 10.5 Å². The fourth-order valence-corrected chi connectivity index (χ4v) is 4.03. The third kappa shape index (κ3) is 3.17. The highest BCUT2D eigenvalue weighted by molar-refractivity contribution is 5.27. The topological polar surface area (TPSA) is 64.3 Å². The lowest BCUT2D eigenvalue weighted by atomic mass is 9.84. The van der Waals surface area contributed by atoms with Gasteiger partial charge in [-0.25, -0.2) is 23.1 Å². The first-order valence-corrected chi connectivity index (χ1v) is 8.76. The molecule has 3 heterocycles. The fraction of sp³-hybridized carbons (Fsp3) is 0.556. The van der Waals surface area contributed by atoms with E-state index in [1.807, 2.05) is 13.1 Å². The molecule has 0 spiro atoms. The lowest BCUT2D eigenvalue weighted by Gasteiger charge is -2.41. The molecule has 2 N–H and O–H groups in total. The van der Waals surface area contributed by atoms with Crippen LogP contribution in [0.15, 0.2) is 29.8 Å². The molecule has 2 aliphatic heterocycles. The van der Waals surface area contributed by atoms with Crippen molar-refractivity contribution in [3.05, 3.63) is 46.8 Å². The van der Waals surface area contributed by atoms with Gasteiger partial charge in [0.1, 0.15) is 17.5 Å². The minimum absolute atomic E-state index is 0.0727. The zero-order valence-corrected chi connectivity index (χ0v) is 14.5. The highest BCUT2D eigenvalue weighted by atomic mass is 19.2. The minimum atomic E-state index is -1.15. The Hall–Kier alpha value is -1.77. The average Bonchev–Trinajstić information content (AvgIpc) is 3.01. The molecule has 0 aromatic carbocycles. The van der Waals surface area contributed by atoms with Gasteiger partial charge >= 0.3 is 0 Å². The van der Waals surface area contributed by atoms with Gasteiger partial charge in [0.05, 0.1) is 18.4 Å². The molecule has 26 heavy (non-hydrogen) atoms. The minimum Gasteiger partial charge on any atom is -0.374 e. The first-order chi connectivity index (χ1) is 12.4. The number of hydrogen-bond acceptors (Lipinski definition) is 5. The second kappa shape index (κ2) is 6.75. The summed E-state index contributed by atoms with van der Waals surface area (Å²) >= 11 is 0. The van der Waals surface area contributed by atoms with Crippen LogP contribution >= 0.6 is 0 Å². The molecular formula is C18H21F3N4O. The molecule has 1 saturated heterocycles. The standard InChI is InChI=1S/C18H21F3N4O/c1-9-23-5-10-6-25(7-17(10)24-9)11-2-16(22)18(26-8-11)12-3-14(20)15(21)4-13(12)19/h4-5,11-12,16,18H,2-3,6-8,22H2,1H3/t11?,12?,16?,18-/m1/s1. The summed E-state index contributed by atoms with van der Waals surface area (Å²) in [6.45, 7) is 3.65. The zero-order chi connectivity index (χ0) is 18.4. The van der Waals surface area contributed by atoms with Gasteiger partial charge in [-0.05, 0) is 13.3 Å². The number of aromatic nitrogens is 2. The summed E-state index contributed by atoms with van der Waals surface area (Å²) in [5.41, 5.74) is 8.34. The van der Waals surface area contributed by atoms with Crippen molar-refractivity contribution in [3.8, 4) is 0 Å². The predicted molar refractivity (Wildman–Crippen MR) is 88.7 cm³/mol. The summed E-state index contributed by atoms with van der Waals surface area (Å²) in [6.07, 6.45) is 2.04.